The van der Waals surface area contributed by atoms with Crippen LogP contribution in [0.1, 0.15) is 42.5 Å². The molecule has 0 bridgehead atoms. The van der Waals surface area contributed by atoms with Crippen LogP contribution >= 0.6 is 0 Å². The Bertz CT molecular complexity index is 2130. The summed E-state index contributed by atoms with van der Waals surface area (Å²) in [5, 5.41) is 0. The van der Waals surface area contributed by atoms with Crippen molar-refractivity contribution in [2.45, 2.75) is 32.1 Å². The molecular weight excluding hydrogens is 593 g/mol. The fourth-order valence-corrected chi connectivity index (χ4v) is 7.47. The number of nitrogens with zero attached hydrogens (tertiary/aromatic N) is 2. The molecule has 0 saturated carbocycles. The normalized spacial score (nSPS) is 14.6. The highest BCUT2D eigenvalue weighted by atomic mass is 15.1. The van der Waals surface area contributed by atoms with E-state index in [2.05, 4.69) is 206 Å². The molecule has 1 aliphatic carbocycles. The van der Waals surface area contributed by atoms with Crippen LogP contribution in [0, 0.1) is 0 Å². The summed E-state index contributed by atoms with van der Waals surface area (Å²) in [6, 6.07) is 65.9. The predicted molar refractivity (Wildman–Crippen MR) is 207 cm³/mol. The molecule has 49 heavy (non-hydrogen) atoms. The lowest BCUT2D eigenvalue weighted by molar-refractivity contribution is 0.564. The van der Waals surface area contributed by atoms with E-state index in [1.807, 2.05) is 0 Å². The van der Waals surface area contributed by atoms with E-state index in [1.165, 1.54) is 39.1 Å². The average molecular weight is 633 g/mol. The molecule has 238 valence electrons. The van der Waals surface area contributed by atoms with Gasteiger partial charge in [-0.2, -0.15) is 0 Å². The quantitative estimate of drug-likeness (QED) is 0.156. The molecule has 7 aromatic carbocycles. The smallest absolute Gasteiger partial charge is 0.0465 e. The molecule has 1 atom stereocenters. The van der Waals surface area contributed by atoms with Crippen LogP contribution < -0.4 is 9.80 Å². The monoisotopic (exact) mass is 632 g/mol. The van der Waals surface area contributed by atoms with Gasteiger partial charge in [-0.05, 0) is 119 Å². The van der Waals surface area contributed by atoms with Crippen LogP contribution in [0.4, 0.5) is 34.1 Å². The van der Waals surface area contributed by atoms with Gasteiger partial charge in [0.05, 0.1) is 0 Å². The van der Waals surface area contributed by atoms with Gasteiger partial charge >= 0.3 is 0 Å². The second-order valence-corrected chi connectivity index (χ2v) is 13.1. The van der Waals surface area contributed by atoms with E-state index >= 15 is 0 Å². The Balaban J connectivity index is 1.08. The minimum Gasteiger partial charge on any atom is -0.311 e. The van der Waals surface area contributed by atoms with E-state index in [4.69, 9.17) is 0 Å². The first-order valence-electron chi connectivity index (χ1n) is 17.3. The Morgan fingerprint density at radius 3 is 1.27 bits per heavy atom. The van der Waals surface area contributed by atoms with E-state index in [1.54, 1.807) is 0 Å². The molecule has 0 saturated heterocycles. The van der Waals surface area contributed by atoms with Gasteiger partial charge in [-0.3, -0.25) is 0 Å². The highest BCUT2D eigenvalue weighted by Crippen LogP contribution is 2.52. The van der Waals surface area contributed by atoms with Gasteiger partial charge in [-0.15, -0.1) is 0 Å². The molecule has 0 aromatic heterocycles. The van der Waals surface area contributed by atoms with Gasteiger partial charge in [0, 0.05) is 39.5 Å². The number of anilines is 6. The van der Waals surface area contributed by atoms with Crippen LogP contribution in [0.3, 0.4) is 0 Å². The van der Waals surface area contributed by atoms with Crippen molar-refractivity contribution in [2.24, 2.45) is 0 Å². The van der Waals surface area contributed by atoms with E-state index in [0.29, 0.717) is 0 Å². The van der Waals surface area contributed by atoms with Gasteiger partial charge in [-0.1, -0.05) is 123 Å². The fourth-order valence-electron chi connectivity index (χ4n) is 7.47. The molecule has 2 nitrogen and oxygen atoms in total. The largest absolute Gasteiger partial charge is 0.311 e. The molecule has 0 radical (unpaired) electrons. The maximum atomic E-state index is 2.43. The zero-order valence-electron chi connectivity index (χ0n) is 28.1. The van der Waals surface area contributed by atoms with Crippen molar-refractivity contribution in [2.75, 3.05) is 9.80 Å². The van der Waals surface area contributed by atoms with E-state index in [-0.39, 0.29) is 5.41 Å². The molecular formula is C47H40N2. The number of para-hydroxylation sites is 3. The molecule has 1 aliphatic rings. The van der Waals surface area contributed by atoms with E-state index in [0.717, 1.165) is 41.3 Å². The Morgan fingerprint density at radius 1 is 0.388 bits per heavy atom. The molecule has 0 amide bonds. The number of benzene rings is 7. The average Bonchev–Trinajstić information content (AvgIpc) is 3.42. The Kier molecular flexibility index (Phi) is 8.07. The maximum absolute atomic E-state index is 2.43. The summed E-state index contributed by atoms with van der Waals surface area (Å²) in [5.41, 5.74) is 15.1. The lowest BCUT2D eigenvalue weighted by Crippen LogP contribution is -2.20. The van der Waals surface area contributed by atoms with Gasteiger partial charge in [0.15, 0.2) is 0 Å². The summed E-state index contributed by atoms with van der Waals surface area (Å²) in [6.07, 6.45) is 1.92. The fraction of sp³-hybridized carbons (Fsp3) is 0.106. The van der Waals surface area contributed by atoms with Crippen LogP contribution in [-0.2, 0) is 11.8 Å². The lowest BCUT2D eigenvalue weighted by Gasteiger charge is -2.29. The van der Waals surface area contributed by atoms with Gasteiger partial charge in [0.25, 0.3) is 0 Å². The molecule has 7 aromatic rings. The van der Waals surface area contributed by atoms with Gasteiger partial charge in [0.1, 0.15) is 0 Å². The Morgan fingerprint density at radius 2 is 0.776 bits per heavy atom. The number of hydrogen-bond acceptors (Lipinski definition) is 2. The van der Waals surface area contributed by atoms with Crippen molar-refractivity contribution in [3.63, 3.8) is 0 Å². The number of fused-ring (bicyclic) bond motifs is 3. The maximum Gasteiger partial charge on any atom is 0.0465 e. The SMILES string of the molecule is CCC1(C)c2ccccc2-c2ccc(N(c3ccccc3)c3ccc(Cc4ccc(N(c5ccccc5)c5ccccc5)cc4)cc3)cc21. The third kappa shape index (κ3) is 5.70. The summed E-state index contributed by atoms with van der Waals surface area (Å²) < 4.78 is 0. The third-order valence-corrected chi connectivity index (χ3v) is 10.2. The minimum absolute atomic E-state index is 0.0110. The van der Waals surface area contributed by atoms with E-state index in [9.17, 15) is 0 Å². The minimum atomic E-state index is -0.0110. The van der Waals surface area contributed by atoms with Crippen molar-refractivity contribution in [3.8, 4) is 11.1 Å². The summed E-state index contributed by atoms with van der Waals surface area (Å²) in [4.78, 5) is 4.69. The lowest BCUT2D eigenvalue weighted by atomic mass is 9.78. The first kappa shape index (κ1) is 30.5. The topological polar surface area (TPSA) is 6.48 Å². The van der Waals surface area contributed by atoms with Crippen molar-refractivity contribution in [1.29, 1.82) is 0 Å². The van der Waals surface area contributed by atoms with Crippen LogP contribution in [0.15, 0.2) is 182 Å². The summed E-state index contributed by atoms with van der Waals surface area (Å²) in [6.45, 7) is 4.71. The zero-order valence-corrected chi connectivity index (χ0v) is 28.1. The highest BCUT2D eigenvalue weighted by Gasteiger charge is 2.38. The summed E-state index contributed by atoms with van der Waals surface area (Å²) >= 11 is 0. The molecule has 1 unspecified atom stereocenters. The molecule has 0 N–H and O–H groups in total. The van der Waals surface area contributed by atoms with Crippen LogP contribution in [0.25, 0.3) is 11.1 Å². The van der Waals surface area contributed by atoms with Gasteiger partial charge in [-0.25, -0.2) is 0 Å². The van der Waals surface area contributed by atoms with Gasteiger partial charge in [0.2, 0.25) is 0 Å². The second kappa shape index (κ2) is 13.0. The first-order chi connectivity index (χ1) is 24.1. The van der Waals surface area contributed by atoms with Crippen LogP contribution in [-0.4, -0.2) is 0 Å². The zero-order chi connectivity index (χ0) is 33.2. The van der Waals surface area contributed by atoms with Crippen molar-refractivity contribution >= 4 is 34.1 Å². The summed E-state index contributed by atoms with van der Waals surface area (Å²) in [7, 11) is 0. The predicted octanol–water partition coefficient (Wildman–Crippen LogP) is 12.9. The van der Waals surface area contributed by atoms with Crippen molar-refractivity contribution in [1.82, 2.24) is 0 Å². The van der Waals surface area contributed by atoms with Crippen LogP contribution in [0.5, 0.6) is 0 Å². The molecule has 0 spiro atoms. The molecule has 8 rings (SSSR count). The van der Waals surface area contributed by atoms with Crippen molar-refractivity contribution < 1.29 is 0 Å². The third-order valence-electron chi connectivity index (χ3n) is 10.2. The summed E-state index contributed by atoms with van der Waals surface area (Å²) in [5.74, 6) is 0. The van der Waals surface area contributed by atoms with Crippen molar-refractivity contribution in [3.05, 3.63) is 204 Å². The number of hydrogen-bond donors (Lipinski definition) is 0. The Hall–Kier alpha value is -5.86. The molecule has 0 heterocycles. The molecule has 0 fully saturated rings. The van der Waals surface area contributed by atoms with Gasteiger partial charge < -0.3 is 9.80 Å². The van der Waals surface area contributed by atoms with E-state index < -0.39 is 0 Å². The van der Waals surface area contributed by atoms with Crippen LogP contribution in [0.2, 0.25) is 0 Å². The standard InChI is InChI=1S/C47H40N2/c1-3-47(2)45-22-14-13-21-43(45)44-32-31-42(34-46(44)47)49(39-19-11-6-12-20-39)41-29-25-36(26-30-41)33-35-23-27-40(28-24-35)48(37-15-7-4-8-16-37)38-17-9-5-10-18-38/h4-32,34H,3,33H2,1-2H3. The molecule has 2 heteroatoms. The Labute approximate surface area is 290 Å². The highest BCUT2D eigenvalue weighted by molar-refractivity contribution is 5.85. The number of rotatable bonds is 9. The first-order valence-corrected chi connectivity index (χ1v) is 17.3. The second-order valence-electron chi connectivity index (χ2n) is 13.1. The molecule has 0 aliphatic heterocycles.